The van der Waals surface area contributed by atoms with Gasteiger partial charge >= 0.3 is 6.09 Å². The van der Waals surface area contributed by atoms with Crippen LogP contribution in [0.4, 0.5) is 4.79 Å². The number of aromatic nitrogens is 3. The first-order valence-electron chi connectivity index (χ1n) is 8.84. The van der Waals surface area contributed by atoms with Gasteiger partial charge in [0, 0.05) is 5.92 Å². The van der Waals surface area contributed by atoms with Gasteiger partial charge in [-0.05, 0) is 22.3 Å². The van der Waals surface area contributed by atoms with Gasteiger partial charge in [0.1, 0.15) is 17.9 Å². The zero-order valence-corrected chi connectivity index (χ0v) is 14.5. The normalized spacial score (nSPS) is 17.1. The number of fused-ring (bicyclic) bond motifs is 3. The molecular weight excluding hydrogens is 344 g/mol. The summed E-state index contributed by atoms with van der Waals surface area (Å²) in [5, 5.41) is 20.5. The Labute approximate surface area is 155 Å². The fourth-order valence-corrected chi connectivity index (χ4v) is 3.99. The molecule has 1 aliphatic carbocycles. The number of hydrogen-bond acceptors (Lipinski definition) is 5. The number of hydrogen-bond donors (Lipinski definition) is 2. The van der Waals surface area contributed by atoms with E-state index in [9.17, 15) is 9.90 Å². The summed E-state index contributed by atoms with van der Waals surface area (Å²) >= 11 is 0. The summed E-state index contributed by atoms with van der Waals surface area (Å²) in [7, 11) is 0. The zero-order valence-electron chi connectivity index (χ0n) is 14.5. The van der Waals surface area contributed by atoms with Crippen molar-refractivity contribution in [1.29, 1.82) is 0 Å². The van der Waals surface area contributed by atoms with E-state index in [1.807, 2.05) is 24.3 Å². The van der Waals surface area contributed by atoms with Gasteiger partial charge in [0.2, 0.25) is 0 Å². The lowest BCUT2D eigenvalue weighted by atomic mass is 9.91. The van der Waals surface area contributed by atoms with Gasteiger partial charge in [0.15, 0.2) is 0 Å². The minimum Gasteiger partial charge on any atom is -0.448 e. The number of benzene rings is 2. The van der Waals surface area contributed by atoms with Gasteiger partial charge in [0.25, 0.3) is 0 Å². The SMILES string of the molecule is O=C(OCC1c2ccccc2-c2ccccc21)N1CC(O)(c2cn[nH]n2)C1. The summed E-state index contributed by atoms with van der Waals surface area (Å²) in [5.74, 6) is 0.0250. The molecule has 0 bridgehead atoms. The maximum atomic E-state index is 12.4. The van der Waals surface area contributed by atoms with Crippen LogP contribution in [0.2, 0.25) is 0 Å². The van der Waals surface area contributed by atoms with Crippen molar-refractivity contribution in [3.05, 3.63) is 71.5 Å². The van der Waals surface area contributed by atoms with Crippen LogP contribution in [0.5, 0.6) is 0 Å². The number of carbonyl (C=O) groups is 1. The van der Waals surface area contributed by atoms with E-state index in [0.717, 1.165) is 0 Å². The highest BCUT2D eigenvalue weighted by Gasteiger charge is 2.47. The standard InChI is InChI=1S/C20H18N4O3/c25-19(24-11-20(26,12-24)18-9-21-23-22-18)27-10-17-15-7-3-1-5-13(15)14-6-2-4-8-16(14)17/h1-9,17,26H,10-12H2,(H,21,22,23). The Morgan fingerprint density at radius 1 is 1.15 bits per heavy atom. The molecule has 0 saturated carbocycles. The highest BCUT2D eigenvalue weighted by molar-refractivity contribution is 5.79. The molecule has 27 heavy (non-hydrogen) atoms. The summed E-state index contributed by atoms with van der Waals surface area (Å²) in [6.45, 7) is 0.568. The van der Waals surface area contributed by atoms with Crippen molar-refractivity contribution in [3.63, 3.8) is 0 Å². The van der Waals surface area contributed by atoms with Crippen LogP contribution in [-0.2, 0) is 10.3 Å². The Morgan fingerprint density at radius 2 is 1.78 bits per heavy atom. The van der Waals surface area contributed by atoms with E-state index in [1.54, 1.807) is 0 Å². The van der Waals surface area contributed by atoms with Crippen LogP contribution in [0.15, 0.2) is 54.7 Å². The molecular formula is C20H18N4O3. The number of ether oxygens (including phenoxy) is 1. The van der Waals surface area contributed by atoms with Crippen molar-refractivity contribution in [3.8, 4) is 11.1 Å². The van der Waals surface area contributed by atoms with Crippen LogP contribution in [0.3, 0.4) is 0 Å². The van der Waals surface area contributed by atoms with Gasteiger partial charge in [-0.15, -0.1) is 0 Å². The number of H-pyrrole nitrogens is 1. The molecule has 0 spiro atoms. The first-order chi connectivity index (χ1) is 13.2. The molecule has 1 aromatic heterocycles. The number of nitrogens with zero attached hydrogens (tertiary/aromatic N) is 3. The molecule has 2 N–H and O–H groups in total. The smallest absolute Gasteiger partial charge is 0.410 e. The van der Waals surface area contributed by atoms with Crippen molar-refractivity contribution in [2.75, 3.05) is 19.7 Å². The maximum absolute atomic E-state index is 12.4. The second-order valence-electron chi connectivity index (χ2n) is 7.05. The molecule has 0 unspecified atom stereocenters. The van der Waals surface area contributed by atoms with Gasteiger partial charge in [-0.1, -0.05) is 48.5 Å². The minimum absolute atomic E-state index is 0.0250. The number of β-amino-alcohol motifs (C(OH)–C–C–N with tert-alkyl or cyclic N) is 1. The average Bonchev–Trinajstić information content (AvgIpc) is 3.31. The molecule has 0 radical (unpaired) electrons. The topological polar surface area (TPSA) is 91.3 Å². The third kappa shape index (κ3) is 2.50. The Bertz CT molecular complexity index is 950. The highest BCUT2D eigenvalue weighted by Crippen LogP contribution is 2.44. The first kappa shape index (κ1) is 16.0. The third-order valence-electron chi connectivity index (χ3n) is 5.39. The second-order valence-corrected chi connectivity index (χ2v) is 7.05. The van der Waals surface area contributed by atoms with Crippen LogP contribution >= 0.6 is 0 Å². The average molecular weight is 362 g/mol. The van der Waals surface area contributed by atoms with E-state index in [2.05, 4.69) is 39.7 Å². The molecule has 1 saturated heterocycles. The predicted molar refractivity (Wildman–Crippen MR) is 96.9 cm³/mol. The molecule has 0 atom stereocenters. The monoisotopic (exact) mass is 362 g/mol. The highest BCUT2D eigenvalue weighted by atomic mass is 16.6. The summed E-state index contributed by atoms with van der Waals surface area (Å²) in [5.41, 5.74) is 4.02. The van der Waals surface area contributed by atoms with E-state index < -0.39 is 11.7 Å². The molecule has 7 heteroatoms. The molecule has 1 aliphatic heterocycles. The van der Waals surface area contributed by atoms with Gasteiger partial charge in [-0.2, -0.15) is 15.4 Å². The molecule has 2 aliphatic rings. The van der Waals surface area contributed by atoms with Gasteiger partial charge in [0.05, 0.1) is 19.3 Å². The number of rotatable bonds is 3. The van der Waals surface area contributed by atoms with Gasteiger partial charge in [-0.3, -0.25) is 0 Å². The Hall–Kier alpha value is -3.19. The van der Waals surface area contributed by atoms with Crippen molar-refractivity contribution in [2.45, 2.75) is 11.5 Å². The molecule has 1 fully saturated rings. The summed E-state index contributed by atoms with van der Waals surface area (Å²) in [6.07, 6.45) is 1.04. The third-order valence-corrected chi connectivity index (χ3v) is 5.39. The van der Waals surface area contributed by atoms with Crippen molar-refractivity contribution in [1.82, 2.24) is 20.3 Å². The Morgan fingerprint density at radius 3 is 2.37 bits per heavy atom. The van der Waals surface area contributed by atoms with Crippen molar-refractivity contribution >= 4 is 6.09 Å². The minimum atomic E-state index is -1.15. The van der Waals surface area contributed by atoms with Gasteiger partial charge < -0.3 is 14.7 Å². The fraction of sp³-hybridized carbons (Fsp3) is 0.250. The Balaban J connectivity index is 1.28. The number of amides is 1. The van der Waals surface area contributed by atoms with E-state index in [0.29, 0.717) is 5.69 Å². The number of likely N-dealkylation sites (tertiary alicyclic amines) is 1. The molecule has 3 aromatic rings. The van der Waals surface area contributed by atoms with E-state index in [4.69, 9.17) is 4.74 Å². The van der Waals surface area contributed by atoms with Crippen LogP contribution in [0.1, 0.15) is 22.7 Å². The van der Waals surface area contributed by atoms with Crippen LogP contribution in [0.25, 0.3) is 11.1 Å². The zero-order chi connectivity index (χ0) is 18.4. The van der Waals surface area contributed by atoms with Crippen LogP contribution in [-0.4, -0.2) is 51.2 Å². The van der Waals surface area contributed by atoms with Gasteiger partial charge in [-0.25, -0.2) is 4.79 Å². The molecule has 136 valence electrons. The molecule has 2 aromatic carbocycles. The summed E-state index contributed by atoms with van der Waals surface area (Å²) < 4.78 is 5.59. The number of nitrogens with one attached hydrogen (secondary N) is 1. The molecule has 5 rings (SSSR count). The molecule has 7 nitrogen and oxygen atoms in total. The van der Waals surface area contributed by atoms with Crippen molar-refractivity contribution in [2.24, 2.45) is 0 Å². The first-order valence-corrected chi connectivity index (χ1v) is 8.84. The maximum Gasteiger partial charge on any atom is 0.410 e. The number of aliphatic hydroxyl groups is 1. The molecule has 1 amide bonds. The van der Waals surface area contributed by atoms with E-state index in [1.165, 1.54) is 33.4 Å². The Kier molecular flexibility index (Phi) is 3.51. The van der Waals surface area contributed by atoms with Crippen LogP contribution in [0, 0.1) is 0 Å². The lowest BCUT2D eigenvalue weighted by Crippen LogP contribution is -2.61. The van der Waals surface area contributed by atoms with Crippen LogP contribution < -0.4 is 0 Å². The lowest BCUT2D eigenvalue weighted by molar-refractivity contribution is -0.0970. The van der Waals surface area contributed by atoms with Crippen molar-refractivity contribution < 1.29 is 14.6 Å². The summed E-state index contributed by atoms with van der Waals surface area (Å²) in [4.78, 5) is 13.9. The van der Waals surface area contributed by atoms with E-state index in [-0.39, 0.29) is 25.6 Å². The molecule has 2 heterocycles. The largest absolute Gasteiger partial charge is 0.448 e. The quantitative estimate of drug-likeness (QED) is 0.746. The number of carbonyl (C=O) groups excluding carboxylic acids is 1. The lowest BCUT2D eigenvalue weighted by Gasteiger charge is -2.44. The second kappa shape index (κ2) is 5.92. The number of aromatic amines is 1. The van der Waals surface area contributed by atoms with E-state index >= 15 is 0 Å². The predicted octanol–water partition coefficient (Wildman–Crippen LogP) is 2.26. The fourth-order valence-electron chi connectivity index (χ4n) is 3.99. The summed E-state index contributed by atoms with van der Waals surface area (Å²) in [6, 6.07) is 16.4.